The molecule has 190 valence electrons. The van der Waals surface area contributed by atoms with Crippen LogP contribution in [0.1, 0.15) is 43.4 Å². The second kappa shape index (κ2) is 13.2. The lowest BCUT2D eigenvalue weighted by atomic mass is 10.0. The fraction of sp³-hybridized carbons (Fsp3) is 0.310. The Kier molecular flexibility index (Phi) is 10.1. The number of benzene rings is 3. The van der Waals surface area contributed by atoms with Gasteiger partial charge in [-0.05, 0) is 69.7 Å². The van der Waals surface area contributed by atoms with E-state index >= 15 is 0 Å². The number of likely N-dealkylation sites (N-methyl/N-ethyl adjacent to an activating group) is 1. The third-order valence-electron chi connectivity index (χ3n) is 5.86. The zero-order valence-electron chi connectivity index (χ0n) is 20.8. The van der Waals surface area contributed by atoms with Crippen LogP contribution < -0.4 is 10.1 Å². The number of hydrogen-bond acceptors (Lipinski definition) is 3. The Morgan fingerprint density at radius 2 is 1.69 bits per heavy atom. The molecule has 5 nitrogen and oxygen atoms in total. The normalized spacial score (nSPS) is 11.7. The predicted octanol–water partition coefficient (Wildman–Crippen LogP) is 5.87. The van der Waals surface area contributed by atoms with E-state index in [1.165, 1.54) is 17.0 Å². The van der Waals surface area contributed by atoms with Gasteiger partial charge < -0.3 is 15.0 Å². The van der Waals surface area contributed by atoms with Crippen LogP contribution in [0.2, 0.25) is 0 Å². The first kappa shape index (κ1) is 27.4. The summed E-state index contributed by atoms with van der Waals surface area (Å²) in [6.45, 7) is 6.39. The molecule has 1 atom stereocenters. The summed E-state index contributed by atoms with van der Waals surface area (Å²) in [5.74, 6) is -0.0454. The summed E-state index contributed by atoms with van der Waals surface area (Å²) < 4.78 is 20.2. The predicted molar refractivity (Wildman–Crippen MR) is 143 cm³/mol. The van der Waals surface area contributed by atoms with Crippen molar-refractivity contribution in [3.8, 4) is 5.75 Å². The molecule has 0 aliphatic carbocycles. The van der Waals surface area contributed by atoms with Crippen molar-refractivity contribution in [2.24, 2.45) is 0 Å². The van der Waals surface area contributed by atoms with Crippen LogP contribution in [0.15, 0.2) is 77.3 Å². The lowest BCUT2D eigenvalue weighted by Crippen LogP contribution is -2.51. The third kappa shape index (κ3) is 7.65. The van der Waals surface area contributed by atoms with E-state index in [0.717, 1.165) is 21.2 Å². The van der Waals surface area contributed by atoms with Gasteiger partial charge in [0.25, 0.3) is 5.91 Å². The Labute approximate surface area is 220 Å². The Morgan fingerprint density at radius 3 is 2.31 bits per heavy atom. The summed E-state index contributed by atoms with van der Waals surface area (Å²) in [5.41, 5.74) is 2.80. The van der Waals surface area contributed by atoms with Crippen molar-refractivity contribution >= 4 is 27.7 Å². The van der Waals surface area contributed by atoms with Crippen LogP contribution in [0.5, 0.6) is 5.75 Å². The Balaban J connectivity index is 1.88. The third-order valence-corrected chi connectivity index (χ3v) is 6.48. The number of carbonyl (C=O) groups is 2. The van der Waals surface area contributed by atoms with Crippen molar-refractivity contribution in [3.63, 3.8) is 0 Å². The molecule has 36 heavy (non-hydrogen) atoms. The zero-order chi connectivity index (χ0) is 26.1. The summed E-state index contributed by atoms with van der Waals surface area (Å²) in [6, 6.07) is 20.5. The van der Waals surface area contributed by atoms with E-state index in [1.54, 1.807) is 12.1 Å². The van der Waals surface area contributed by atoms with E-state index in [4.69, 9.17) is 4.74 Å². The quantitative estimate of drug-likeness (QED) is 0.322. The van der Waals surface area contributed by atoms with Crippen molar-refractivity contribution in [3.05, 3.63) is 99.8 Å². The minimum absolute atomic E-state index is 0.143. The van der Waals surface area contributed by atoms with Gasteiger partial charge in [-0.25, -0.2) is 4.39 Å². The van der Waals surface area contributed by atoms with Crippen molar-refractivity contribution in [1.29, 1.82) is 0 Å². The minimum Gasteiger partial charge on any atom is -0.483 e. The maximum Gasteiger partial charge on any atom is 0.261 e. The first-order chi connectivity index (χ1) is 17.3. The maximum atomic E-state index is 13.5. The number of ether oxygens (including phenoxy) is 1. The lowest BCUT2D eigenvalue weighted by molar-refractivity contribution is -0.142. The zero-order valence-corrected chi connectivity index (χ0v) is 22.4. The summed E-state index contributed by atoms with van der Waals surface area (Å²) in [4.78, 5) is 28.2. The van der Waals surface area contributed by atoms with Gasteiger partial charge in [0.05, 0.1) is 4.47 Å². The highest BCUT2D eigenvalue weighted by Crippen LogP contribution is 2.29. The first-order valence-electron chi connectivity index (χ1n) is 12.1. The molecule has 7 heteroatoms. The summed E-state index contributed by atoms with van der Waals surface area (Å²) >= 11 is 3.53. The van der Waals surface area contributed by atoms with Crippen molar-refractivity contribution in [2.75, 3.05) is 13.2 Å². The van der Waals surface area contributed by atoms with Crippen molar-refractivity contribution < 1.29 is 18.7 Å². The first-order valence-corrected chi connectivity index (χ1v) is 12.9. The van der Waals surface area contributed by atoms with Gasteiger partial charge in [-0.1, -0.05) is 62.4 Å². The van der Waals surface area contributed by atoms with Gasteiger partial charge in [-0.3, -0.25) is 9.59 Å². The number of halogens is 2. The number of hydrogen-bond donors (Lipinski definition) is 1. The van der Waals surface area contributed by atoms with Crippen LogP contribution in [-0.4, -0.2) is 35.9 Å². The molecule has 0 saturated heterocycles. The molecule has 0 aliphatic heterocycles. The van der Waals surface area contributed by atoms with Gasteiger partial charge in [-0.2, -0.15) is 0 Å². The van der Waals surface area contributed by atoms with E-state index < -0.39 is 6.04 Å². The Morgan fingerprint density at radius 1 is 1.00 bits per heavy atom. The average Bonchev–Trinajstić information content (AvgIpc) is 2.87. The smallest absolute Gasteiger partial charge is 0.261 e. The summed E-state index contributed by atoms with van der Waals surface area (Å²) in [6.07, 6.45) is 0.340. The molecule has 0 bridgehead atoms. The van der Waals surface area contributed by atoms with Crippen LogP contribution >= 0.6 is 15.9 Å². The molecular formula is C29H32BrFN2O3. The fourth-order valence-electron chi connectivity index (χ4n) is 3.85. The SMILES string of the molecule is CCNC(=O)[C@H](Cc1ccccc1)N(Cc1ccc(F)cc1)C(=O)COc1ccc(C(C)C)cc1Br. The number of nitrogens with zero attached hydrogens (tertiary/aromatic N) is 1. The molecule has 0 saturated carbocycles. The van der Waals surface area contributed by atoms with Gasteiger partial charge in [0.1, 0.15) is 17.6 Å². The molecule has 3 aromatic carbocycles. The molecule has 0 radical (unpaired) electrons. The molecule has 0 aliphatic rings. The highest BCUT2D eigenvalue weighted by Gasteiger charge is 2.30. The maximum absolute atomic E-state index is 13.5. The molecule has 0 unspecified atom stereocenters. The summed E-state index contributed by atoms with van der Waals surface area (Å²) in [7, 11) is 0. The van der Waals surface area contributed by atoms with E-state index in [-0.39, 0.29) is 30.8 Å². The molecule has 3 aromatic rings. The second-order valence-electron chi connectivity index (χ2n) is 8.88. The second-order valence-corrected chi connectivity index (χ2v) is 9.74. The number of carbonyl (C=O) groups excluding carboxylic acids is 2. The van der Waals surface area contributed by atoms with Gasteiger partial charge >= 0.3 is 0 Å². The monoisotopic (exact) mass is 554 g/mol. The Hall–Kier alpha value is -3.19. The van der Waals surface area contributed by atoms with Gasteiger partial charge in [0, 0.05) is 19.5 Å². The molecule has 0 heterocycles. The summed E-state index contributed by atoms with van der Waals surface area (Å²) in [5, 5.41) is 2.85. The van der Waals surface area contributed by atoms with Crippen LogP contribution in [0.4, 0.5) is 4.39 Å². The van der Waals surface area contributed by atoms with Crippen LogP contribution in [0.3, 0.4) is 0 Å². The van der Waals surface area contributed by atoms with Crippen molar-refractivity contribution in [1.82, 2.24) is 10.2 Å². The topological polar surface area (TPSA) is 58.6 Å². The molecule has 0 aromatic heterocycles. The van der Waals surface area contributed by atoms with E-state index in [9.17, 15) is 14.0 Å². The largest absolute Gasteiger partial charge is 0.483 e. The van der Waals surface area contributed by atoms with Gasteiger partial charge in [0.15, 0.2) is 6.61 Å². The molecular weight excluding hydrogens is 523 g/mol. The van der Waals surface area contributed by atoms with Crippen molar-refractivity contribution in [2.45, 2.75) is 45.7 Å². The van der Waals surface area contributed by atoms with E-state index in [0.29, 0.717) is 24.6 Å². The number of amides is 2. The Bertz CT molecular complexity index is 1150. The highest BCUT2D eigenvalue weighted by atomic mass is 79.9. The van der Waals surface area contributed by atoms with Gasteiger partial charge in [0.2, 0.25) is 5.91 Å². The molecule has 0 spiro atoms. The standard InChI is InChI=1S/C29H32BrFN2O3/c1-4-32-29(35)26(16-21-8-6-5-7-9-21)33(18-22-10-13-24(31)14-11-22)28(34)19-36-27-15-12-23(20(2)3)17-25(27)30/h5-15,17,20,26H,4,16,18-19H2,1-3H3,(H,32,35)/t26-/m0/s1. The van der Waals surface area contributed by atoms with Crippen LogP contribution in [0.25, 0.3) is 0 Å². The van der Waals surface area contributed by atoms with Gasteiger partial charge in [-0.15, -0.1) is 0 Å². The fourth-order valence-corrected chi connectivity index (χ4v) is 4.36. The molecule has 0 fully saturated rings. The molecule has 1 N–H and O–H groups in total. The van der Waals surface area contributed by atoms with E-state index in [1.807, 2.05) is 55.5 Å². The van der Waals surface area contributed by atoms with E-state index in [2.05, 4.69) is 35.1 Å². The highest BCUT2D eigenvalue weighted by molar-refractivity contribution is 9.10. The van der Waals surface area contributed by atoms with Crippen LogP contribution in [0, 0.1) is 5.82 Å². The minimum atomic E-state index is -0.764. The number of nitrogens with one attached hydrogen (secondary N) is 1. The van der Waals surface area contributed by atoms with Crippen LogP contribution in [-0.2, 0) is 22.6 Å². The average molecular weight is 555 g/mol. The number of rotatable bonds is 11. The molecule has 2 amide bonds. The molecule has 3 rings (SSSR count). The lowest BCUT2D eigenvalue weighted by Gasteiger charge is -2.31.